The molecule has 7 nitrogen and oxygen atoms in total. The van der Waals surface area contributed by atoms with Gasteiger partial charge in [-0.15, -0.1) is 0 Å². The third kappa shape index (κ3) is 4.02. The van der Waals surface area contributed by atoms with Gasteiger partial charge in [0.1, 0.15) is 17.1 Å². The van der Waals surface area contributed by atoms with Crippen LogP contribution in [-0.4, -0.2) is 78.4 Å². The van der Waals surface area contributed by atoms with E-state index >= 15 is 4.39 Å². The van der Waals surface area contributed by atoms with Crippen molar-refractivity contribution in [2.45, 2.75) is 24.9 Å². The number of anilines is 2. The molecule has 0 spiro atoms. The number of halogens is 2. The molecule has 0 unspecified atom stereocenters. The molecule has 3 aliphatic heterocycles. The normalized spacial score (nSPS) is 22.1. The number of fused-ring (bicyclic) bond motifs is 4. The highest BCUT2D eigenvalue weighted by Crippen LogP contribution is 2.43. The molecule has 3 saturated heterocycles. The molecule has 9 heteroatoms. The first-order valence-corrected chi connectivity index (χ1v) is 13.7. The van der Waals surface area contributed by atoms with E-state index in [4.69, 9.17) is 21.6 Å². The Morgan fingerprint density at radius 3 is 2.45 bits per heavy atom. The summed E-state index contributed by atoms with van der Waals surface area (Å²) in [4.78, 5) is 16.6. The number of aromatic hydroxyl groups is 1. The SMILES string of the molecule is CN1CCN(c2nc(N3C[C@H]4CC[C@@H](C3)N4)c3cc(Cl)c(-c4cc(O)cc5ccccc45)c(F)c3n2)CC1. The van der Waals surface area contributed by atoms with Crippen LogP contribution in [-0.2, 0) is 0 Å². The van der Waals surface area contributed by atoms with Gasteiger partial charge in [0, 0.05) is 62.3 Å². The van der Waals surface area contributed by atoms with Crippen molar-refractivity contribution in [2.75, 3.05) is 56.1 Å². The molecule has 2 bridgehead atoms. The van der Waals surface area contributed by atoms with Crippen molar-refractivity contribution in [3.8, 4) is 16.9 Å². The summed E-state index contributed by atoms with van der Waals surface area (Å²) in [5, 5.41) is 16.7. The molecular weight excluding hydrogens is 503 g/mol. The number of rotatable bonds is 3. The molecule has 38 heavy (non-hydrogen) atoms. The smallest absolute Gasteiger partial charge is 0.228 e. The number of benzene rings is 3. The van der Waals surface area contributed by atoms with Crippen LogP contribution in [0.2, 0.25) is 5.02 Å². The average molecular weight is 533 g/mol. The number of aromatic nitrogens is 2. The van der Waals surface area contributed by atoms with Gasteiger partial charge in [0.25, 0.3) is 0 Å². The zero-order chi connectivity index (χ0) is 26.0. The standard InChI is InChI=1S/C29H30ClFN6O/c1-35-8-10-36(11-9-35)29-33-27-23(28(34-29)37-15-18-6-7-19(16-37)32-18)14-24(30)25(26(27)31)22-13-20(38)12-17-4-2-3-5-21(17)22/h2-5,12-14,18-19,32,38H,6-11,15-16H2,1H3/t18-,19+. The van der Waals surface area contributed by atoms with E-state index in [2.05, 4.69) is 27.1 Å². The van der Waals surface area contributed by atoms with Gasteiger partial charge in [-0.2, -0.15) is 4.98 Å². The molecule has 7 rings (SSSR count). The van der Waals surface area contributed by atoms with Crippen LogP contribution in [0.3, 0.4) is 0 Å². The zero-order valence-electron chi connectivity index (χ0n) is 21.3. The number of nitrogens with zero attached hydrogens (tertiary/aromatic N) is 5. The highest BCUT2D eigenvalue weighted by Gasteiger charge is 2.34. The second-order valence-electron chi connectivity index (χ2n) is 10.8. The third-order valence-corrected chi connectivity index (χ3v) is 8.57. The maximum absolute atomic E-state index is 16.7. The summed E-state index contributed by atoms with van der Waals surface area (Å²) in [7, 11) is 2.11. The Hall–Kier alpha value is -3.20. The maximum Gasteiger partial charge on any atom is 0.228 e. The van der Waals surface area contributed by atoms with E-state index in [9.17, 15) is 5.11 Å². The van der Waals surface area contributed by atoms with Gasteiger partial charge in [0.15, 0.2) is 5.82 Å². The molecule has 2 atom stereocenters. The van der Waals surface area contributed by atoms with Crippen molar-refractivity contribution in [1.29, 1.82) is 0 Å². The van der Waals surface area contributed by atoms with E-state index in [1.165, 1.54) is 0 Å². The highest BCUT2D eigenvalue weighted by molar-refractivity contribution is 6.35. The van der Waals surface area contributed by atoms with Crippen LogP contribution in [0.15, 0.2) is 42.5 Å². The molecule has 0 saturated carbocycles. The summed E-state index contributed by atoms with van der Waals surface area (Å²) in [5.41, 5.74) is 1.06. The fourth-order valence-corrected chi connectivity index (χ4v) is 6.57. The van der Waals surface area contributed by atoms with E-state index in [-0.39, 0.29) is 21.9 Å². The number of piperazine rings is 2. The zero-order valence-corrected chi connectivity index (χ0v) is 22.0. The van der Waals surface area contributed by atoms with Crippen molar-refractivity contribution in [3.05, 3.63) is 53.3 Å². The van der Waals surface area contributed by atoms with E-state index < -0.39 is 5.82 Å². The first kappa shape index (κ1) is 23.9. The van der Waals surface area contributed by atoms with E-state index in [1.807, 2.05) is 24.3 Å². The molecule has 4 aromatic rings. The van der Waals surface area contributed by atoms with Gasteiger partial charge in [-0.1, -0.05) is 35.9 Å². The lowest BCUT2D eigenvalue weighted by Crippen LogP contribution is -2.51. The summed E-state index contributed by atoms with van der Waals surface area (Å²) in [5.74, 6) is 0.877. The van der Waals surface area contributed by atoms with Crippen LogP contribution in [0.5, 0.6) is 5.75 Å². The second kappa shape index (κ2) is 9.22. The van der Waals surface area contributed by atoms with Gasteiger partial charge in [-0.3, -0.25) is 0 Å². The summed E-state index contributed by atoms with van der Waals surface area (Å²) in [6.07, 6.45) is 2.28. The van der Waals surface area contributed by atoms with Crippen molar-refractivity contribution >= 4 is 45.0 Å². The van der Waals surface area contributed by atoms with E-state index in [0.717, 1.165) is 68.7 Å². The second-order valence-corrected chi connectivity index (χ2v) is 11.2. The molecule has 196 valence electrons. The molecule has 0 radical (unpaired) electrons. The highest BCUT2D eigenvalue weighted by atomic mass is 35.5. The fraction of sp³-hybridized carbons (Fsp3) is 0.379. The number of likely N-dealkylation sites (N-methyl/N-ethyl adjacent to an activating group) is 1. The van der Waals surface area contributed by atoms with Crippen LogP contribution in [0.25, 0.3) is 32.8 Å². The van der Waals surface area contributed by atoms with Crippen molar-refractivity contribution in [1.82, 2.24) is 20.2 Å². The minimum atomic E-state index is -0.486. The van der Waals surface area contributed by atoms with Crippen LogP contribution in [0.1, 0.15) is 12.8 Å². The van der Waals surface area contributed by atoms with Crippen molar-refractivity contribution in [3.63, 3.8) is 0 Å². The molecule has 4 heterocycles. The summed E-state index contributed by atoms with van der Waals surface area (Å²) < 4.78 is 16.7. The Morgan fingerprint density at radius 1 is 0.947 bits per heavy atom. The molecule has 0 amide bonds. The maximum atomic E-state index is 16.7. The molecule has 0 aliphatic carbocycles. The van der Waals surface area contributed by atoms with Crippen molar-refractivity contribution in [2.24, 2.45) is 0 Å². The lowest BCUT2D eigenvalue weighted by atomic mass is 9.96. The molecular formula is C29H30ClFN6O. The summed E-state index contributed by atoms with van der Waals surface area (Å²) in [6.45, 7) is 5.02. The fourth-order valence-electron chi connectivity index (χ4n) is 6.28. The first-order valence-electron chi connectivity index (χ1n) is 13.3. The van der Waals surface area contributed by atoms with E-state index in [1.54, 1.807) is 18.2 Å². The van der Waals surface area contributed by atoms with Gasteiger partial charge in [-0.25, -0.2) is 9.37 Å². The molecule has 2 N–H and O–H groups in total. The Bertz CT molecular complexity index is 1540. The first-order chi connectivity index (χ1) is 18.4. The molecule has 3 aromatic carbocycles. The summed E-state index contributed by atoms with van der Waals surface area (Å²) >= 11 is 6.86. The van der Waals surface area contributed by atoms with Gasteiger partial charge in [-0.05, 0) is 54.4 Å². The Labute approximate surface area is 225 Å². The van der Waals surface area contributed by atoms with E-state index in [0.29, 0.717) is 29.0 Å². The molecule has 1 aromatic heterocycles. The lowest BCUT2D eigenvalue weighted by Gasteiger charge is -2.36. The van der Waals surface area contributed by atoms with Crippen LogP contribution in [0.4, 0.5) is 16.2 Å². The minimum absolute atomic E-state index is 0.0621. The Morgan fingerprint density at radius 2 is 1.68 bits per heavy atom. The molecule has 3 fully saturated rings. The average Bonchev–Trinajstić information content (AvgIpc) is 3.25. The topological polar surface area (TPSA) is 67.8 Å². The Balaban J connectivity index is 1.45. The van der Waals surface area contributed by atoms with Crippen LogP contribution in [0, 0.1) is 5.82 Å². The summed E-state index contributed by atoms with van der Waals surface area (Å²) in [6, 6.07) is 13.5. The minimum Gasteiger partial charge on any atom is -0.508 e. The van der Waals surface area contributed by atoms with Crippen LogP contribution >= 0.6 is 11.6 Å². The van der Waals surface area contributed by atoms with Gasteiger partial charge >= 0.3 is 0 Å². The van der Waals surface area contributed by atoms with Gasteiger partial charge < -0.3 is 25.1 Å². The molecule has 3 aliphatic rings. The monoisotopic (exact) mass is 532 g/mol. The quantitative estimate of drug-likeness (QED) is 0.398. The predicted octanol–water partition coefficient (Wildman–Crippen LogP) is 4.64. The van der Waals surface area contributed by atoms with Gasteiger partial charge in [0.05, 0.1) is 5.02 Å². The number of phenolic OH excluding ortho intramolecular Hbond substituents is 1. The van der Waals surface area contributed by atoms with Gasteiger partial charge in [0.2, 0.25) is 5.95 Å². The number of hydrogen-bond donors (Lipinski definition) is 2. The third-order valence-electron chi connectivity index (χ3n) is 8.27. The Kier molecular flexibility index (Phi) is 5.80. The number of nitrogens with one attached hydrogen (secondary N) is 1. The van der Waals surface area contributed by atoms with Crippen molar-refractivity contribution < 1.29 is 9.50 Å². The number of phenols is 1. The lowest BCUT2D eigenvalue weighted by molar-refractivity contribution is 0.311. The van der Waals surface area contributed by atoms with Crippen LogP contribution < -0.4 is 15.1 Å². The largest absolute Gasteiger partial charge is 0.508 e. The predicted molar refractivity (Wildman–Crippen MR) is 151 cm³/mol. The number of hydrogen-bond acceptors (Lipinski definition) is 7.